The molecule has 2 heterocycles. The van der Waals surface area contributed by atoms with Gasteiger partial charge in [0.05, 0.1) is 11.8 Å². The van der Waals surface area contributed by atoms with Gasteiger partial charge in [0.15, 0.2) is 5.41 Å². The molecule has 0 bridgehead atoms. The van der Waals surface area contributed by atoms with Crippen molar-refractivity contribution in [2.45, 2.75) is 19.1 Å². The number of nitriles is 1. The van der Waals surface area contributed by atoms with E-state index in [1.54, 1.807) is 0 Å². The van der Waals surface area contributed by atoms with Crippen molar-refractivity contribution in [3.8, 4) is 11.8 Å². The third-order valence-electron chi connectivity index (χ3n) is 5.69. The van der Waals surface area contributed by atoms with Crippen molar-refractivity contribution in [2.24, 2.45) is 5.41 Å². The molecule has 3 aromatic rings. The molecule has 1 saturated heterocycles. The average Bonchev–Trinajstić information content (AvgIpc) is 3.11. The van der Waals surface area contributed by atoms with Gasteiger partial charge in [0.25, 0.3) is 0 Å². The first-order valence-corrected chi connectivity index (χ1v) is 9.43. The molecule has 0 spiro atoms. The van der Waals surface area contributed by atoms with Gasteiger partial charge in [-0.15, -0.1) is 0 Å². The average molecular weight is 368 g/mol. The van der Waals surface area contributed by atoms with Crippen LogP contribution in [0.5, 0.6) is 5.75 Å². The highest BCUT2D eigenvalue weighted by molar-refractivity contribution is 5.54. The van der Waals surface area contributed by atoms with Gasteiger partial charge in [0, 0.05) is 5.56 Å². The molecule has 0 unspecified atom stereocenters. The first-order chi connectivity index (χ1) is 13.7. The van der Waals surface area contributed by atoms with Gasteiger partial charge < -0.3 is 4.74 Å². The highest BCUT2D eigenvalue weighted by Gasteiger charge is 2.61. The molecule has 2 aliphatic rings. The molecular weight excluding hydrogens is 348 g/mol. The Kier molecular flexibility index (Phi) is 3.85. The summed E-state index contributed by atoms with van der Waals surface area (Å²) in [4.78, 5) is 6.50. The van der Waals surface area contributed by atoms with Crippen LogP contribution in [-0.2, 0) is 4.84 Å². The predicted molar refractivity (Wildman–Crippen MR) is 107 cm³/mol. The summed E-state index contributed by atoms with van der Waals surface area (Å²) in [5.41, 5.74) is 3.22. The van der Waals surface area contributed by atoms with Crippen molar-refractivity contribution in [3.05, 3.63) is 95.6 Å². The number of hydrogen-bond donors (Lipinski definition) is 0. The van der Waals surface area contributed by atoms with E-state index < -0.39 is 11.5 Å². The lowest BCUT2D eigenvalue weighted by Crippen LogP contribution is -2.41. The highest BCUT2D eigenvalue weighted by atomic mass is 16.7. The maximum absolute atomic E-state index is 10.4. The Morgan fingerprint density at radius 3 is 2.43 bits per heavy atom. The molecular formula is C24H20N2O2. The van der Waals surface area contributed by atoms with Crippen LogP contribution < -0.4 is 9.80 Å². The Labute approximate surface area is 164 Å². The normalized spacial score (nSPS) is 25.4. The summed E-state index contributed by atoms with van der Waals surface area (Å²) in [6.45, 7) is 2.34. The Morgan fingerprint density at radius 2 is 1.68 bits per heavy atom. The zero-order chi connectivity index (χ0) is 19.1. The summed E-state index contributed by atoms with van der Waals surface area (Å²) in [7, 11) is 0. The Balaban J connectivity index is 1.70. The second-order valence-electron chi connectivity index (χ2n) is 7.44. The third kappa shape index (κ3) is 2.41. The van der Waals surface area contributed by atoms with Crippen LogP contribution in [0.4, 0.5) is 5.69 Å². The smallest absolute Gasteiger partial charge is 0.151 e. The van der Waals surface area contributed by atoms with Crippen molar-refractivity contribution in [1.29, 1.82) is 5.26 Å². The second-order valence-corrected chi connectivity index (χ2v) is 7.44. The second kappa shape index (κ2) is 6.40. The molecule has 0 aliphatic carbocycles. The number of hydrogen-bond acceptors (Lipinski definition) is 4. The fourth-order valence-electron chi connectivity index (χ4n) is 4.25. The Bertz CT molecular complexity index is 1040. The number of para-hydroxylation sites is 2. The fraction of sp³-hybridized carbons (Fsp3) is 0.208. The predicted octanol–water partition coefficient (Wildman–Crippen LogP) is 5.13. The van der Waals surface area contributed by atoms with Crippen molar-refractivity contribution in [3.63, 3.8) is 0 Å². The fourth-order valence-corrected chi connectivity index (χ4v) is 4.25. The first kappa shape index (κ1) is 16.9. The van der Waals surface area contributed by atoms with Gasteiger partial charge in [-0.25, -0.2) is 5.06 Å². The minimum Gasteiger partial charge on any atom is -0.491 e. The lowest BCUT2D eigenvalue weighted by atomic mass is 9.71. The van der Waals surface area contributed by atoms with Gasteiger partial charge in [0.2, 0.25) is 0 Å². The number of anilines is 1. The van der Waals surface area contributed by atoms with Gasteiger partial charge in [-0.1, -0.05) is 66.2 Å². The third-order valence-corrected chi connectivity index (χ3v) is 5.69. The molecule has 3 atom stereocenters. The summed E-state index contributed by atoms with van der Waals surface area (Å²) < 4.78 is 6.06. The van der Waals surface area contributed by atoms with Crippen LogP contribution >= 0.6 is 0 Å². The Morgan fingerprint density at radius 1 is 0.964 bits per heavy atom. The number of rotatable bonds is 2. The van der Waals surface area contributed by atoms with Gasteiger partial charge in [0.1, 0.15) is 24.5 Å². The van der Waals surface area contributed by atoms with E-state index in [0.717, 1.165) is 22.6 Å². The standard InChI is InChI=1S/C24H20N2O2/c1-17-11-13-18(14-12-17)23-24(15-25)16-27-21-10-6-5-9-20(21)22(24)26(28-23)19-7-3-2-4-8-19/h2-14,22-23H,16H2,1H3/t22-,23-,24+/m0/s1. The molecule has 4 nitrogen and oxygen atoms in total. The summed E-state index contributed by atoms with van der Waals surface area (Å²) in [6, 6.07) is 28.4. The van der Waals surface area contributed by atoms with E-state index in [1.165, 1.54) is 5.56 Å². The van der Waals surface area contributed by atoms with Crippen LogP contribution in [0.3, 0.4) is 0 Å². The van der Waals surface area contributed by atoms with E-state index in [2.05, 4.69) is 25.1 Å². The topological polar surface area (TPSA) is 45.5 Å². The van der Waals surface area contributed by atoms with Gasteiger partial charge >= 0.3 is 0 Å². The molecule has 28 heavy (non-hydrogen) atoms. The lowest BCUT2D eigenvalue weighted by molar-refractivity contribution is 0.0344. The number of nitrogens with zero attached hydrogens (tertiary/aromatic N) is 2. The molecule has 0 saturated carbocycles. The molecule has 2 aliphatic heterocycles. The van der Waals surface area contributed by atoms with E-state index in [1.807, 2.05) is 71.8 Å². The molecule has 4 heteroatoms. The minimum absolute atomic E-state index is 0.254. The van der Waals surface area contributed by atoms with Crippen LogP contribution in [0, 0.1) is 23.7 Å². The van der Waals surface area contributed by atoms with Gasteiger partial charge in [-0.05, 0) is 30.7 Å². The number of aryl methyl sites for hydroxylation is 1. The maximum Gasteiger partial charge on any atom is 0.151 e. The van der Waals surface area contributed by atoms with E-state index in [9.17, 15) is 5.26 Å². The molecule has 0 aromatic heterocycles. The summed E-state index contributed by atoms with van der Waals surface area (Å²) in [6.07, 6.45) is -0.420. The molecule has 138 valence electrons. The molecule has 0 radical (unpaired) electrons. The first-order valence-electron chi connectivity index (χ1n) is 9.43. The molecule has 0 amide bonds. The molecule has 5 rings (SSSR count). The number of fused-ring (bicyclic) bond motifs is 3. The van der Waals surface area contributed by atoms with E-state index in [-0.39, 0.29) is 12.6 Å². The van der Waals surface area contributed by atoms with Crippen LogP contribution in [-0.4, -0.2) is 6.61 Å². The highest BCUT2D eigenvalue weighted by Crippen LogP contribution is 2.60. The SMILES string of the molecule is Cc1ccc([C@@H]2ON(c3ccccc3)[C@H]3c4ccccc4OC[C@]32C#N)cc1. The molecule has 1 fully saturated rings. The number of ether oxygens (including phenoxy) is 1. The number of benzene rings is 3. The molecule has 0 N–H and O–H groups in total. The van der Waals surface area contributed by atoms with E-state index in [4.69, 9.17) is 9.57 Å². The van der Waals surface area contributed by atoms with Gasteiger partial charge in [-0.2, -0.15) is 5.26 Å². The van der Waals surface area contributed by atoms with Crippen molar-refractivity contribution in [1.82, 2.24) is 0 Å². The Hall–Kier alpha value is -3.29. The van der Waals surface area contributed by atoms with Crippen LogP contribution in [0.15, 0.2) is 78.9 Å². The van der Waals surface area contributed by atoms with Gasteiger partial charge in [-0.3, -0.25) is 4.84 Å². The quantitative estimate of drug-likeness (QED) is 0.629. The van der Waals surface area contributed by atoms with Crippen LogP contribution in [0.25, 0.3) is 0 Å². The maximum atomic E-state index is 10.4. The zero-order valence-corrected chi connectivity index (χ0v) is 15.6. The monoisotopic (exact) mass is 368 g/mol. The summed E-state index contributed by atoms with van der Waals surface area (Å²) in [5, 5.41) is 12.3. The number of hydroxylamine groups is 1. The summed E-state index contributed by atoms with van der Waals surface area (Å²) >= 11 is 0. The van der Waals surface area contributed by atoms with Crippen molar-refractivity contribution >= 4 is 5.69 Å². The largest absolute Gasteiger partial charge is 0.491 e. The minimum atomic E-state index is -0.848. The van der Waals surface area contributed by atoms with Crippen molar-refractivity contribution < 1.29 is 9.57 Å². The van der Waals surface area contributed by atoms with Crippen LogP contribution in [0.2, 0.25) is 0 Å². The van der Waals surface area contributed by atoms with Crippen LogP contribution in [0.1, 0.15) is 28.8 Å². The van der Waals surface area contributed by atoms with E-state index >= 15 is 0 Å². The van der Waals surface area contributed by atoms with E-state index in [0.29, 0.717) is 0 Å². The zero-order valence-electron chi connectivity index (χ0n) is 15.6. The summed E-state index contributed by atoms with van der Waals surface area (Å²) in [5.74, 6) is 0.812. The lowest BCUT2D eigenvalue weighted by Gasteiger charge is -2.37. The molecule has 3 aromatic carbocycles. The van der Waals surface area contributed by atoms with Crippen molar-refractivity contribution in [2.75, 3.05) is 11.7 Å².